The number of piperidine rings is 3. The van der Waals surface area contributed by atoms with Gasteiger partial charge in [-0.15, -0.1) is 6.58 Å². The van der Waals surface area contributed by atoms with Crippen LogP contribution in [0.25, 0.3) is 10.9 Å². The van der Waals surface area contributed by atoms with Crippen LogP contribution in [0.2, 0.25) is 0 Å². The molecule has 2 bridgehead atoms. The summed E-state index contributed by atoms with van der Waals surface area (Å²) in [5.41, 5.74) is 6.51. The standard InChI is InChI=1S/C40H40N4OS/c1-2-29-26-44-23-21-32(29)24-37(44)39(45-27-28-12-6-3-7-13-28)34-20-22-41-36-19-18-33(25-35(34)36)42-40(46)43-38(30-14-8-4-9-15-30)31-16-10-5-11-17-31/h2-20,22,25,29,32,37-39H,1,21,23-24,26-27H2,(H2,42,43,46)/t29-,32-,37+,39-/m0/s1. The third-order valence-corrected chi connectivity index (χ3v) is 9.88. The minimum atomic E-state index is -0.0971. The quantitative estimate of drug-likeness (QED) is 0.120. The first-order valence-corrected chi connectivity index (χ1v) is 16.7. The summed E-state index contributed by atoms with van der Waals surface area (Å²) in [6, 6.07) is 39.9. The molecule has 5 aromatic rings. The molecule has 0 saturated carbocycles. The SMILES string of the molecule is C=C[C@H]1CN2CC[C@H]1C[C@@H]2[C@@H](OCc1ccccc1)c1ccnc2ccc(NC(=S)NC(c3ccccc3)c3ccccc3)cc12. The average molecular weight is 625 g/mol. The maximum absolute atomic E-state index is 6.90. The van der Waals surface area contributed by atoms with Crippen molar-refractivity contribution in [2.45, 2.75) is 37.6 Å². The molecule has 5 atom stereocenters. The van der Waals surface area contributed by atoms with Gasteiger partial charge in [-0.05, 0) is 90.0 Å². The second-order valence-electron chi connectivity index (χ2n) is 12.4. The van der Waals surface area contributed by atoms with Gasteiger partial charge in [-0.3, -0.25) is 9.88 Å². The number of ether oxygens (including phenoxy) is 1. The first kappa shape index (κ1) is 30.3. The highest BCUT2D eigenvalue weighted by Gasteiger charge is 2.43. The number of benzene rings is 4. The average Bonchev–Trinajstić information content (AvgIpc) is 3.12. The molecule has 0 radical (unpaired) electrons. The lowest BCUT2D eigenvalue weighted by atomic mass is 9.73. The number of pyridine rings is 1. The van der Waals surface area contributed by atoms with E-state index in [1.54, 1.807) is 0 Å². The van der Waals surface area contributed by atoms with E-state index in [-0.39, 0.29) is 12.1 Å². The number of aromatic nitrogens is 1. The molecule has 6 heteroatoms. The third kappa shape index (κ3) is 6.61. The summed E-state index contributed by atoms with van der Waals surface area (Å²) in [4.78, 5) is 7.38. The Balaban J connectivity index is 1.18. The molecule has 232 valence electrons. The summed E-state index contributed by atoms with van der Waals surface area (Å²) in [6.45, 7) is 6.85. The van der Waals surface area contributed by atoms with Gasteiger partial charge in [-0.1, -0.05) is 97.1 Å². The van der Waals surface area contributed by atoms with Crippen LogP contribution in [0.15, 0.2) is 134 Å². The number of rotatable bonds is 10. The topological polar surface area (TPSA) is 49.4 Å². The number of nitrogens with one attached hydrogen (secondary N) is 2. The molecule has 0 spiro atoms. The molecular weight excluding hydrogens is 585 g/mol. The Morgan fingerprint density at radius 3 is 2.28 bits per heavy atom. The summed E-state index contributed by atoms with van der Waals surface area (Å²) in [7, 11) is 0. The van der Waals surface area contributed by atoms with E-state index in [2.05, 4.69) is 119 Å². The van der Waals surface area contributed by atoms with Gasteiger partial charge in [0.05, 0.1) is 24.3 Å². The molecule has 3 fully saturated rings. The van der Waals surface area contributed by atoms with Gasteiger partial charge in [0.2, 0.25) is 0 Å². The first-order chi connectivity index (χ1) is 22.7. The van der Waals surface area contributed by atoms with E-state index in [0.717, 1.165) is 47.2 Å². The monoisotopic (exact) mass is 624 g/mol. The molecule has 2 N–H and O–H groups in total. The fraction of sp³-hybridized carbons (Fsp3) is 0.250. The summed E-state index contributed by atoms with van der Waals surface area (Å²) in [6.07, 6.45) is 6.31. The molecule has 0 amide bonds. The maximum Gasteiger partial charge on any atom is 0.171 e. The van der Waals surface area contributed by atoms with Crippen LogP contribution in [-0.4, -0.2) is 34.1 Å². The Morgan fingerprint density at radius 1 is 0.935 bits per heavy atom. The number of hydrogen-bond acceptors (Lipinski definition) is 4. The van der Waals surface area contributed by atoms with E-state index in [4.69, 9.17) is 21.9 Å². The second-order valence-corrected chi connectivity index (χ2v) is 12.9. The van der Waals surface area contributed by atoms with Crippen molar-refractivity contribution in [3.05, 3.63) is 156 Å². The predicted octanol–water partition coefficient (Wildman–Crippen LogP) is 8.47. The van der Waals surface area contributed by atoms with Gasteiger partial charge < -0.3 is 15.4 Å². The van der Waals surface area contributed by atoms with Crippen LogP contribution in [0.5, 0.6) is 0 Å². The Morgan fingerprint density at radius 2 is 1.63 bits per heavy atom. The number of hydrogen-bond donors (Lipinski definition) is 2. The van der Waals surface area contributed by atoms with E-state index in [9.17, 15) is 0 Å². The van der Waals surface area contributed by atoms with Gasteiger partial charge in [0.1, 0.15) is 0 Å². The number of anilines is 1. The highest BCUT2D eigenvalue weighted by Crippen LogP contribution is 2.44. The van der Waals surface area contributed by atoms with Crippen molar-refractivity contribution in [1.82, 2.24) is 15.2 Å². The highest BCUT2D eigenvalue weighted by atomic mass is 32.1. The van der Waals surface area contributed by atoms with Crippen LogP contribution < -0.4 is 10.6 Å². The van der Waals surface area contributed by atoms with Crippen LogP contribution in [-0.2, 0) is 11.3 Å². The van der Waals surface area contributed by atoms with Crippen LogP contribution in [0.4, 0.5) is 5.69 Å². The molecule has 8 rings (SSSR count). The fourth-order valence-electron chi connectivity index (χ4n) is 7.30. The van der Waals surface area contributed by atoms with E-state index < -0.39 is 0 Å². The molecule has 5 nitrogen and oxygen atoms in total. The molecule has 4 aromatic carbocycles. The van der Waals surface area contributed by atoms with E-state index >= 15 is 0 Å². The Bertz CT molecular complexity index is 1740. The minimum absolute atomic E-state index is 0.0778. The lowest BCUT2D eigenvalue weighted by Gasteiger charge is -2.51. The maximum atomic E-state index is 6.90. The van der Waals surface area contributed by atoms with Gasteiger partial charge in [0.25, 0.3) is 0 Å². The van der Waals surface area contributed by atoms with Gasteiger partial charge in [-0.25, -0.2) is 0 Å². The smallest absolute Gasteiger partial charge is 0.171 e. The fourth-order valence-corrected chi connectivity index (χ4v) is 7.54. The van der Waals surface area contributed by atoms with E-state index in [0.29, 0.717) is 29.6 Å². The molecular formula is C40H40N4OS. The number of thiocarbonyl (C=S) groups is 1. The van der Waals surface area contributed by atoms with Gasteiger partial charge >= 0.3 is 0 Å². The lowest BCUT2D eigenvalue weighted by Crippen LogP contribution is -2.55. The normalized spacial score (nSPS) is 21.2. The highest BCUT2D eigenvalue weighted by molar-refractivity contribution is 7.80. The van der Waals surface area contributed by atoms with Crippen molar-refractivity contribution >= 4 is 33.9 Å². The van der Waals surface area contributed by atoms with E-state index in [1.165, 1.54) is 17.5 Å². The van der Waals surface area contributed by atoms with Crippen molar-refractivity contribution in [2.24, 2.45) is 11.8 Å². The molecule has 46 heavy (non-hydrogen) atoms. The van der Waals surface area contributed by atoms with Gasteiger partial charge in [0, 0.05) is 29.9 Å². The molecule has 3 saturated heterocycles. The number of fused-ring (bicyclic) bond motifs is 4. The summed E-state index contributed by atoms with van der Waals surface area (Å²) < 4.78 is 6.90. The molecule has 1 aromatic heterocycles. The predicted molar refractivity (Wildman–Crippen MR) is 192 cm³/mol. The zero-order valence-corrected chi connectivity index (χ0v) is 26.8. The number of nitrogens with zero attached hydrogens (tertiary/aromatic N) is 2. The minimum Gasteiger partial charge on any atom is -0.367 e. The van der Waals surface area contributed by atoms with Crippen molar-refractivity contribution in [3.63, 3.8) is 0 Å². The molecule has 1 unspecified atom stereocenters. The van der Waals surface area contributed by atoms with Crippen molar-refractivity contribution in [2.75, 3.05) is 18.4 Å². The molecule has 3 aliphatic rings. The van der Waals surface area contributed by atoms with Crippen molar-refractivity contribution in [3.8, 4) is 0 Å². The van der Waals surface area contributed by atoms with Crippen LogP contribution in [0.3, 0.4) is 0 Å². The van der Waals surface area contributed by atoms with E-state index in [1.807, 2.05) is 30.5 Å². The molecule has 0 aliphatic carbocycles. The van der Waals surface area contributed by atoms with Crippen LogP contribution >= 0.6 is 12.2 Å². The Kier molecular flexibility index (Phi) is 9.19. The van der Waals surface area contributed by atoms with Crippen molar-refractivity contribution < 1.29 is 4.74 Å². The molecule has 3 aliphatic heterocycles. The largest absolute Gasteiger partial charge is 0.367 e. The Labute approximate surface area is 277 Å². The van der Waals surface area contributed by atoms with Crippen molar-refractivity contribution in [1.29, 1.82) is 0 Å². The second kappa shape index (κ2) is 14.0. The molecule has 4 heterocycles. The Hall–Kier alpha value is -4.36. The summed E-state index contributed by atoms with van der Waals surface area (Å²) in [5, 5.41) is 8.69. The summed E-state index contributed by atoms with van der Waals surface area (Å²) >= 11 is 5.90. The lowest BCUT2D eigenvalue weighted by molar-refractivity contribution is -0.0803. The zero-order valence-electron chi connectivity index (χ0n) is 26.0. The summed E-state index contributed by atoms with van der Waals surface area (Å²) in [5.74, 6) is 1.19. The van der Waals surface area contributed by atoms with Crippen LogP contribution in [0.1, 0.15) is 47.2 Å². The zero-order chi connectivity index (χ0) is 31.3. The van der Waals surface area contributed by atoms with Gasteiger partial charge in [0.15, 0.2) is 5.11 Å². The first-order valence-electron chi connectivity index (χ1n) is 16.2. The van der Waals surface area contributed by atoms with Gasteiger partial charge in [-0.2, -0.15) is 0 Å². The van der Waals surface area contributed by atoms with Crippen LogP contribution in [0, 0.1) is 11.8 Å². The third-order valence-electron chi connectivity index (χ3n) is 9.66.